The van der Waals surface area contributed by atoms with Crippen LogP contribution in [0.25, 0.3) is 11.6 Å². The molecule has 1 aliphatic carbocycles. The summed E-state index contributed by atoms with van der Waals surface area (Å²) in [7, 11) is 0. The minimum atomic E-state index is -0.316. The van der Waals surface area contributed by atoms with Crippen molar-refractivity contribution in [1.29, 1.82) is 0 Å². The summed E-state index contributed by atoms with van der Waals surface area (Å²) in [6, 6.07) is 10.0. The molecule has 0 bridgehead atoms. The van der Waals surface area contributed by atoms with E-state index in [0.29, 0.717) is 35.0 Å². The van der Waals surface area contributed by atoms with Gasteiger partial charge in [0.2, 0.25) is 17.7 Å². The third-order valence-electron chi connectivity index (χ3n) is 5.48. The number of rotatable bonds is 7. The summed E-state index contributed by atoms with van der Waals surface area (Å²) in [5.41, 5.74) is 6.56. The Morgan fingerprint density at radius 1 is 1.06 bits per heavy atom. The number of halogens is 1. The van der Waals surface area contributed by atoms with Gasteiger partial charge in [-0.05, 0) is 49.2 Å². The molecular formula is C22H23FN8OS. The zero-order chi connectivity index (χ0) is 22.6. The predicted octanol–water partition coefficient (Wildman–Crippen LogP) is 4.99. The summed E-state index contributed by atoms with van der Waals surface area (Å²) in [5.74, 6) is 2.48. The van der Waals surface area contributed by atoms with Crippen molar-refractivity contribution in [3.63, 3.8) is 0 Å². The SMILES string of the molecule is Nc1nc(CSc2nnc(-c3ccco3)n2C2CCCCC2)nc(Nc2ccc(F)cc2)n1. The maximum absolute atomic E-state index is 13.2. The number of nitrogen functional groups attached to an aromatic ring is 1. The van der Waals surface area contributed by atoms with Crippen LogP contribution in [-0.2, 0) is 5.75 Å². The Morgan fingerprint density at radius 3 is 2.64 bits per heavy atom. The quantitative estimate of drug-likeness (QED) is 0.363. The van der Waals surface area contributed by atoms with Crippen LogP contribution < -0.4 is 11.1 Å². The molecule has 9 nitrogen and oxygen atoms in total. The lowest BCUT2D eigenvalue weighted by atomic mass is 9.95. The van der Waals surface area contributed by atoms with E-state index in [9.17, 15) is 4.39 Å². The Labute approximate surface area is 194 Å². The molecule has 4 aromatic rings. The second-order valence-electron chi connectivity index (χ2n) is 7.80. The molecule has 1 fully saturated rings. The lowest BCUT2D eigenvalue weighted by Gasteiger charge is -2.25. The highest BCUT2D eigenvalue weighted by atomic mass is 32.2. The van der Waals surface area contributed by atoms with Crippen LogP contribution in [0.5, 0.6) is 0 Å². The lowest BCUT2D eigenvalue weighted by molar-refractivity contribution is 0.337. The van der Waals surface area contributed by atoms with E-state index in [1.807, 2.05) is 12.1 Å². The van der Waals surface area contributed by atoms with E-state index >= 15 is 0 Å². The number of benzene rings is 1. The van der Waals surface area contributed by atoms with Crippen molar-refractivity contribution in [3.05, 3.63) is 54.3 Å². The van der Waals surface area contributed by atoms with E-state index in [-0.39, 0.29) is 11.8 Å². The van der Waals surface area contributed by atoms with Crippen LogP contribution in [0.1, 0.15) is 44.0 Å². The van der Waals surface area contributed by atoms with Gasteiger partial charge in [0, 0.05) is 11.7 Å². The normalized spacial score (nSPS) is 14.5. The van der Waals surface area contributed by atoms with Gasteiger partial charge in [-0.15, -0.1) is 10.2 Å². The number of nitrogens with zero attached hydrogens (tertiary/aromatic N) is 6. The van der Waals surface area contributed by atoms with Gasteiger partial charge in [0.05, 0.1) is 12.0 Å². The van der Waals surface area contributed by atoms with Crippen LogP contribution in [0.4, 0.5) is 22.0 Å². The largest absolute Gasteiger partial charge is 0.461 e. The number of nitrogens with two attached hydrogens (primary N) is 1. The lowest BCUT2D eigenvalue weighted by Crippen LogP contribution is -2.15. The van der Waals surface area contributed by atoms with Gasteiger partial charge < -0.3 is 15.5 Å². The average Bonchev–Trinajstić information content (AvgIpc) is 3.49. The highest BCUT2D eigenvalue weighted by Crippen LogP contribution is 2.36. The predicted molar refractivity (Wildman–Crippen MR) is 123 cm³/mol. The van der Waals surface area contributed by atoms with Crippen LogP contribution in [0.3, 0.4) is 0 Å². The second kappa shape index (κ2) is 9.57. The molecule has 0 spiro atoms. The van der Waals surface area contributed by atoms with Gasteiger partial charge in [-0.1, -0.05) is 31.0 Å². The fraction of sp³-hybridized carbons (Fsp3) is 0.318. The summed E-state index contributed by atoms with van der Waals surface area (Å²) < 4.78 is 21.0. The summed E-state index contributed by atoms with van der Waals surface area (Å²) in [4.78, 5) is 12.9. The number of anilines is 3. The molecule has 3 N–H and O–H groups in total. The average molecular weight is 467 g/mol. The minimum Gasteiger partial charge on any atom is -0.461 e. The van der Waals surface area contributed by atoms with E-state index in [2.05, 4.69) is 35.0 Å². The van der Waals surface area contributed by atoms with Crippen molar-refractivity contribution >= 4 is 29.3 Å². The van der Waals surface area contributed by atoms with Crippen molar-refractivity contribution in [2.75, 3.05) is 11.1 Å². The van der Waals surface area contributed by atoms with Crippen LogP contribution >= 0.6 is 11.8 Å². The molecule has 1 saturated carbocycles. The Kier molecular flexibility index (Phi) is 6.20. The molecule has 33 heavy (non-hydrogen) atoms. The van der Waals surface area contributed by atoms with Crippen molar-refractivity contribution in [1.82, 2.24) is 29.7 Å². The summed E-state index contributed by atoms with van der Waals surface area (Å²) in [6.45, 7) is 0. The third-order valence-corrected chi connectivity index (χ3v) is 6.41. The first-order chi connectivity index (χ1) is 16.2. The van der Waals surface area contributed by atoms with Crippen molar-refractivity contribution in [3.8, 4) is 11.6 Å². The molecule has 0 radical (unpaired) electrons. The molecule has 0 saturated heterocycles. The molecule has 3 aromatic heterocycles. The molecule has 1 aromatic carbocycles. The van der Waals surface area contributed by atoms with Gasteiger partial charge in [-0.25, -0.2) is 4.39 Å². The smallest absolute Gasteiger partial charge is 0.232 e. The first kappa shape index (κ1) is 21.4. The molecule has 0 atom stereocenters. The second-order valence-corrected chi connectivity index (χ2v) is 8.74. The zero-order valence-electron chi connectivity index (χ0n) is 17.8. The van der Waals surface area contributed by atoms with E-state index in [0.717, 1.165) is 23.8 Å². The summed E-state index contributed by atoms with van der Waals surface area (Å²) in [5, 5.41) is 12.7. The molecule has 11 heteroatoms. The van der Waals surface area contributed by atoms with Crippen LogP contribution in [0.2, 0.25) is 0 Å². The molecular weight excluding hydrogens is 443 g/mol. The van der Waals surface area contributed by atoms with Gasteiger partial charge in [0.15, 0.2) is 10.9 Å². The molecule has 3 heterocycles. The molecule has 0 unspecified atom stereocenters. The number of thioether (sulfide) groups is 1. The van der Waals surface area contributed by atoms with Crippen molar-refractivity contribution < 1.29 is 8.81 Å². The van der Waals surface area contributed by atoms with Crippen molar-refractivity contribution in [2.45, 2.75) is 49.1 Å². The summed E-state index contributed by atoms with van der Waals surface area (Å²) >= 11 is 1.50. The molecule has 5 rings (SSSR count). The van der Waals surface area contributed by atoms with Crippen molar-refractivity contribution in [2.24, 2.45) is 0 Å². The fourth-order valence-corrected chi connectivity index (χ4v) is 4.83. The fourth-order valence-electron chi connectivity index (χ4n) is 3.97. The van der Waals surface area contributed by atoms with E-state index in [4.69, 9.17) is 10.2 Å². The number of hydrogen-bond donors (Lipinski definition) is 2. The Balaban J connectivity index is 1.37. The van der Waals surface area contributed by atoms with Crippen LogP contribution in [0.15, 0.2) is 52.2 Å². The Bertz CT molecular complexity index is 1210. The number of hydrogen-bond acceptors (Lipinski definition) is 9. The van der Waals surface area contributed by atoms with Gasteiger partial charge in [0.25, 0.3) is 0 Å². The molecule has 170 valence electrons. The van der Waals surface area contributed by atoms with Crippen LogP contribution in [0, 0.1) is 5.82 Å². The van der Waals surface area contributed by atoms with Gasteiger partial charge in [-0.2, -0.15) is 15.0 Å². The molecule has 0 amide bonds. The first-order valence-corrected chi connectivity index (χ1v) is 11.8. The maximum Gasteiger partial charge on any atom is 0.232 e. The highest BCUT2D eigenvalue weighted by molar-refractivity contribution is 7.98. The van der Waals surface area contributed by atoms with E-state index in [1.54, 1.807) is 18.4 Å². The van der Waals surface area contributed by atoms with Crippen LogP contribution in [-0.4, -0.2) is 29.7 Å². The number of furan rings is 1. The first-order valence-electron chi connectivity index (χ1n) is 10.8. The summed E-state index contributed by atoms with van der Waals surface area (Å²) in [6.07, 6.45) is 7.45. The van der Waals surface area contributed by atoms with Gasteiger partial charge in [0.1, 0.15) is 11.6 Å². The molecule has 1 aliphatic rings. The highest BCUT2D eigenvalue weighted by Gasteiger charge is 2.25. The van der Waals surface area contributed by atoms with Gasteiger partial charge in [-0.3, -0.25) is 4.57 Å². The van der Waals surface area contributed by atoms with E-state index in [1.165, 1.54) is 43.2 Å². The number of aromatic nitrogens is 6. The van der Waals surface area contributed by atoms with Gasteiger partial charge >= 0.3 is 0 Å². The third kappa shape index (κ3) is 4.98. The Morgan fingerprint density at radius 2 is 1.88 bits per heavy atom. The number of nitrogens with one attached hydrogen (secondary N) is 1. The maximum atomic E-state index is 13.2. The minimum absolute atomic E-state index is 0.107. The Hall–Kier alpha value is -3.47. The molecule has 0 aliphatic heterocycles. The topological polar surface area (TPSA) is 121 Å². The monoisotopic (exact) mass is 466 g/mol. The standard InChI is InChI=1S/C22H23FN8OS/c23-14-8-10-15(11-9-14)25-21-27-18(26-20(24)28-21)13-33-22-30-29-19(17-7-4-12-32-17)31(22)16-5-2-1-3-6-16/h4,7-12,16H,1-3,5-6,13H2,(H3,24,25,26,27,28). The zero-order valence-corrected chi connectivity index (χ0v) is 18.6. The van der Waals surface area contributed by atoms with E-state index < -0.39 is 0 Å².